The quantitative estimate of drug-likeness (QED) is 0.707. The summed E-state index contributed by atoms with van der Waals surface area (Å²) >= 11 is 1.54. The van der Waals surface area contributed by atoms with Gasteiger partial charge in [0.05, 0.1) is 0 Å². The van der Waals surface area contributed by atoms with E-state index in [2.05, 4.69) is 15.6 Å². The van der Waals surface area contributed by atoms with Crippen LogP contribution in [0.3, 0.4) is 0 Å². The first-order valence-corrected chi connectivity index (χ1v) is 7.59. The lowest BCUT2D eigenvalue weighted by Gasteiger charge is -2.15. The Bertz CT molecular complexity index is 468. The third-order valence-corrected chi connectivity index (χ3v) is 3.43. The number of nitrogens with one attached hydrogen (secondary N) is 2. The van der Waals surface area contributed by atoms with Crippen molar-refractivity contribution in [2.75, 3.05) is 12.0 Å². The first-order chi connectivity index (χ1) is 9.54. The Labute approximate surface area is 122 Å². The zero-order chi connectivity index (χ0) is 15.0. The van der Waals surface area contributed by atoms with Crippen LogP contribution in [-0.2, 0) is 11.3 Å². The Morgan fingerprint density at radius 1 is 1.50 bits per heavy atom. The van der Waals surface area contributed by atoms with E-state index >= 15 is 0 Å². The maximum absolute atomic E-state index is 11.7. The molecule has 0 radical (unpaired) electrons. The van der Waals surface area contributed by atoms with Gasteiger partial charge in [-0.3, -0.25) is 4.98 Å². The molecule has 6 nitrogen and oxygen atoms in total. The molecule has 2 amide bonds. The molecule has 0 bridgehead atoms. The first-order valence-electron chi connectivity index (χ1n) is 6.20. The second-order valence-corrected chi connectivity index (χ2v) is 5.29. The van der Waals surface area contributed by atoms with Crippen LogP contribution in [0.5, 0.6) is 0 Å². The summed E-state index contributed by atoms with van der Waals surface area (Å²) in [6.07, 6.45) is 5.66. The van der Waals surface area contributed by atoms with Gasteiger partial charge in [-0.2, -0.15) is 11.8 Å². The van der Waals surface area contributed by atoms with Crippen molar-refractivity contribution in [2.24, 2.45) is 0 Å². The highest BCUT2D eigenvalue weighted by atomic mass is 32.2. The largest absolute Gasteiger partial charge is 0.480 e. The molecule has 1 unspecified atom stereocenters. The van der Waals surface area contributed by atoms with Crippen molar-refractivity contribution in [1.29, 1.82) is 0 Å². The van der Waals surface area contributed by atoms with Crippen LogP contribution in [0.15, 0.2) is 18.5 Å². The summed E-state index contributed by atoms with van der Waals surface area (Å²) in [7, 11) is 0. The molecule has 0 aromatic carbocycles. The fourth-order valence-electron chi connectivity index (χ4n) is 1.58. The summed E-state index contributed by atoms with van der Waals surface area (Å²) in [5, 5.41) is 14.1. The van der Waals surface area contributed by atoms with E-state index < -0.39 is 18.0 Å². The number of hydrogen-bond acceptors (Lipinski definition) is 4. The number of hydrogen-bond donors (Lipinski definition) is 3. The standard InChI is InChI=1S/C13H19N3O3S/c1-9-7-14-5-3-10(9)8-15-13(19)16-11(12(17)18)4-6-20-2/h3,5,7,11H,4,6,8H2,1-2H3,(H,17,18)(H2,15,16,19). The van der Waals surface area contributed by atoms with Gasteiger partial charge in [-0.05, 0) is 42.5 Å². The minimum absolute atomic E-state index is 0.342. The van der Waals surface area contributed by atoms with Gasteiger partial charge in [-0.1, -0.05) is 0 Å². The molecule has 0 spiro atoms. The van der Waals surface area contributed by atoms with Crippen molar-refractivity contribution in [3.63, 3.8) is 0 Å². The van der Waals surface area contributed by atoms with E-state index in [4.69, 9.17) is 5.11 Å². The lowest BCUT2D eigenvalue weighted by atomic mass is 10.1. The van der Waals surface area contributed by atoms with Crippen LogP contribution in [0.25, 0.3) is 0 Å². The van der Waals surface area contributed by atoms with Gasteiger partial charge in [0.25, 0.3) is 0 Å². The van der Waals surface area contributed by atoms with Crippen LogP contribution in [0.4, 0.5) is 4.79 Å². The average Bonchev–Trinajstić information content (AvgIpc) is 2.42. The number of carboxylic acid groups (broad SMARTS) is 1. The summed E-state index contributed by atoms with van der Waals surface area (Å²) < 4.78 is 0. The molecule has 0 saturated heterocycles. The van der Waals surface area contributed by atoms with Crippen molar-refractivity contribution in [3.8, 4) is 0 Å². The number of aryl methyl sites for hydroxylation is 1. The van der Waals surface area contributed by atoms with E-state index in [1.807, 2.05) is 19.2 Å². The highest BCUT2D eigenvalue weighted by Gasteiger charge is 2.19. The summed E-state index contributed by atoms with van der Waals surface area (Å²) in [5.74, 6) is -0.338. The van der Waals surface area contributed by atoms with E-state index in [-0.39, 0.29) is 0 Å². The van der Waals surface area contributed by atoms with E-state index in [1.54, 1.807) is 24.2 Å². The van der Waals surface area contributed by atoms with Crippen molar-refractivity contribution in [1.82, 2.24) is 15.6 Å². The van der Waals surface area contributed by atoms with Crippen LogP contribution in [-0.4, -0.2) is 40.1 Å². The van der Waals surface area contributed by atoms with Crippen LogP contribution >= 0.6 is 11.8 Å². The van der Waals surface area contributed by atoms with Crippen molar-refractivity contribution < 1.29 is 14.7 Å². The molecule has 110 valence electrons. The lowest BCUT2D eigenvalue weighted by molar-refractivity contribution is -0.139. The van der Waals surface area contributed by atoms with Crippen LogP contribution in [0.1, 0.15) is 17.5 Å². The molecule has 1 aromatic rings. The molecular formula is C13H19N3O3S. The van der Waals surface area contributed by atoms with Crippen LogP contribution < -0.4 is 10.6 Å². The van der Waals surface area contributed by atoms with Crippen molar-refractivity contribution in [2.45, 2.75) is 25.9 Å². The molecule has 1 heterocycles. The van der Waals surface area contributed by atoms with E-state index in [0.717, 1.165) is 11.1 Å². The van der Waals surface area contributed by atoms with Gasteiger partial charge < -0.3 is 15.7 Å². The molecule has 0 fully saturated rings. The average molecular weight is 297 g/mol. The Morgan fingerprint density at radius 2 is 2.25 bits per heavy atom. The minimum atomic E-state index is -1.02. The highest BCUT2D eigenvalue weighted by Crippen LogP contribution is 2.04. The number of carbonyl (C=O) groups excluding carboxylic acids is 1. The van der Waals surface area contributed by atoms with Gasteiger partial charge >= 0.3 is 12.0 Å². The Hall–Kier alpha value is -1.76. The predicted molar refractivity (Wildman–Crippen MR) is 78.8 cm³/mol. The van der Waals surface area contributed by atoms with Gasteiger partial charge in [-0.25, -0.2) is 9.59 Å². The maximum Gasteiger partial charge on any atom is 0.326 e. The molecule has 20 heavy (non-hydrogen) atoms. The molecule has 0 aliphatic carbocycles. The highest BCUT2D eigenvalue weighted by molar-refractivity contribution is 7.98. The molecule has 1 atom stereocenters. The normalized spacial score (nSPS) is 11.7. The molecule has 1 rings (SSSR count). The summed E-state index contributed by atoms with van der Waals surface area (Å²) in [5.41, 5.74) is 1.93. The van der Waals surface area contributed by atoms with Crippen LogP contribution in [0, 0.1) is 6.92 Å². The second kappa shape index (κ2) is 8.42. The van der Waals surface area contributed by atoms with E-state index in [1.165, 1.54) is 0 Å². The predicted octanol–water partition coefficient (Wildman–Crippen LogP) is 1.40. The maximum atomic E-state index is 11.7. The monoisotopic (exact) mass is 297 g/mol. The molecule has 0 aliphatic heterocycles. The van der Waals surface area contributed by atoms with Gasteiger partial charge in [0.1, 0.15) is 6.04 Å². The number of carbonyl (C=O) groups is 2. The number of urea groups is 1. The fourth-order valence-corrected chi connectivity index (χ4v) is 2.05. The number of pyridine rings is 1. The summed E-state index contributed by atoms with van der Waals surface area (Å²) in [4.78, 5) is 26.7. The molecule has 3 N–H and O–H groups in total. The third kappa shape index (κ3) is 5.48. The van der Waals surface area contributed by atoms with Gasteiger partial charge in [0.15, 0.2) is 0 Å². The number of thioether (sulfide) groups is 1. The molecular weight excluding hydrogens is 278 g/mol. The molecule has 1 aromatic heterocycles. The SMILES string of the molecule is CSCCC(NC(=O)NCc1ccncc1C)C(=O)O. The number of rotatable bonds is 7. The number of aliphatic carboxylic acids is 1. The van der Waals surface area contributed by atoms with Crippen molar-refractivity contribution >= 4 is 23.8 Å². The number of carboxylic acids is 1. The topological polar surface area (TPSA) is 91.3 Å². The Morgan fingerprint density at radius 3 is 2.85 bits per heavy atom. The Kier molecular flexibility index (Phi) is 6.86. The molecule has 0 aliphatic rings. The second-order valence-electron chi connectivity index (χ2n) is 4.30. The van der Waals surface area contributed by atoms with E-state index in [9.17, 15) is 9.59 Å². The van der Waals surface area contributed by atoms with Gasteiger partial charge in [0.2, 0.25) is 0 Å². The van der Waals surface area contributed by atoms with Crippen molar-refractivity contribution in [3.05, 3.63) is 29.6 Å². The smallest absolute Gasteiger partial charge is 0.326 e. The number of amides is 2. The number of nitrogens with zero attached hydrogens (tertiary/aromatic N) is 1. The zero-order valence-corrected chi connectivity index (χ0v) is 12.4. The summed E-state index contributed by atoms with van der Waals surface area (Å²) in [6.45, 7) is 2.25. The third-order valence-electron chi connectivity index (χ3n) is 2.79. The van der Waals surface area contributed by atoms with Gasteiger partial charge in [-0.15, -0.1) is 0 Å². The lowest BCUT2D eigenvalue weighted by Crippen LogP contribution is -2.46. The minimum Gasteiger partial charge on any atom is -0.480 e. The first kappa shape index (κ1) is 16.3. The summed E-state index contributed by atoms with van der Waals surface area (Å²) in [6, 6.07) is 0.480. The van der Waals surface area contributed by atoms with Crippen LogP contribution in [0.2, 0.25) is 0 Å². The fraction of sp³-hybridized carbons (Fsp3) is 0.462. The molecule has 7 heteroatoms. The molecule has 0 saturated carbocycles. The van der Waals surface area contributed by atoms with Gasteiger partial charge in [0, 0.05) is 18.9 Å². The number of aromatic nitrogens is 1. The zero-order valence-electron chi connectivity index (χ0n) is 11.5. The Balaban J connectivity index is 2.46. The van der Waals surface area contributed by atoms with E-state index in [0.29, 0.717) is 18.7 Å².